The Kier molecular flexibility index (Phi) is 11.4. The molecule has 0 atom stereocenters. The van der Waals surface area contributed by atoms with Crippen LogP contribution in [0.5, 0.6) is 5.75 Å². The number of methoxy groups -OCH3 is 1. The lowest BCUT2D eigenvalue weighted by molar-refractivity contribution is -0.124. The lowest BCUT2D eigenvalue weighted by atomic mass is 10.1. The van der Waals surface area contributed by atoms with Crippen LogP contribution >= 0.6 is 11.6 Å². The Balaban J connectivity index is 1.92. The first kappa shape index (κ1) is 32.0. The van der Waals surface area contributed by atoms with Crippen molar-refractivity contribution < 1.29 is 23.9 Å². The molecule has 42 heavy (non-hydrogen) atoms. The van der Waals surface area contributed by atoms with Crippen molar-refractivity contribution >= 4 is 58.0 Å². The van der Waals surface area contributed by atoms with Gasteiger partial charge in [-0.05, 0) is 44.4 Å². The summed E-state index contributed by atoms with van der Waals surface area (Å²) in [5, 5.41) is 9.09. The van der Waals surface area contributed by atoms with Crippen LogP contribution in [0.15, 0.2) is 55.3 Å². The zero-order chi connectivity index (χ0) is 30.8. The summed E-state index contributed by atoms with van der Waals surface area (Å²) in [7, 11) is 8.42. The highest BCUT2D eigenvalue weighted by Gasteiger charge is 2.22. The highest BCUT2D eigenvalue weighted by molar-refractivity contribution is 6.43. The first-order valence-electron chi connectivity index (χ1n) is 12.8. The van der Waals surface area contributed by atoms with Crippen LogP contribution in [0.25, 0.3) is 0 Å². The van der Waals surface area contributed by atoms with Crippen LogP contribution in [0.4, 0.5) is 28.8 Å². The number of halogens is 1. The Bertz CT molecular complexity index is 1460. The molecule has 12 nitrogen and oxygen atoms in total. The van der Waals surface area contributed by atoms with Gasteiger partial charge < -0.3 is 35.2 Å². The van der Waals surface area contributed by atoms with Gasteiger partial charge in [0.05, 0.1) is 43.5 Å². The van der Waals surface area contributed by atoms with E-state index in [1.807, 2.05) is 19.0 Å². The lowest BCUT2D eigenvalue weighted by Crippen LogP contribution is -2.30. The maximum atomic E-state index is 12.8. The molecule has 0 bridgehead atoms. The summed E-state index contributed by atoms with van der Waals surface area (Å²) in [6, 6.07) is 9.96. The molecule has 0 fully saturated rings. The SMILES string of the molecule is C=CC(=O)Nc1cc(Nc2ncc(Cl)c(Nc3ccccc3C(=O)C(=O)N(C)C)n2)c(OC)cc1COCCN(C)C. The first-order valence-corrected chi connectivity index (χ1v) is 13.2. The topological polar surface area (TPSA) is 138 Å². The number of nitrogens with one attached hydrogen (secondary N) is 3. The molecule has 222 valence electrons. The van der Waals surface area contributed by atoms with E-state index in [9.17, 15) is 14.4 Å². The summed E-state index contributed by atoms with van der Waals surface area (Å²) in [6.07, 6.45) is 2.55. The largest absolute Gasteiger partial charge is 0.495 e. The molecular formula is C29H34ClN7O5. The van der Waals surface area contributed by atoms with Crippen LogP contribution in [0, 0.1) is 0 Å². The summed E-state index contributed by atoms with van der Waals surface area (Å²) >= 11 is 6.38. The number of nitrogens with zero attached hydrogens (tertiary/aromatic N) is 4. The van der Waals surface area contributed by atoms with Crippen LogP contribution < -0.4 is 20.7 Å². The minimum Gasteiger partial charge on any atom is -0.495 e. The summed E-state index contributed by atoms with van der Waals surface area (Å²) < 4.78 is 11.4. The number of carbonyl (C=O) groups excluding carboxylic acids is 3. The number of rotatable bonds is 14. The Morgan fingerprint density at radius 3 is 2.45 bits per heavy atom. The van der Waals surface area contributed by atoms with E-state index in [2.05, 4.69) is 32.5 Å². The molecule has 0 spiro atoms. The van der Waals surface area contributed by atoms with Crippen LogP contribution in [-0.2, 0) is 20.9 Å². The lowest BCUT2D eigenvalue weighted by Gasteiger charge is -2.18. The minimum absolute atomic E-state index is 0.143. The van der Waals surface area contributed by atoms with E-state index in [4.69, 9.17) is 21.1 Å². The molecule has 3 rings (SSSR count). The number of aromatic nitrogens is 2. The van der Waals surface area contributed by atoms with Gasteiger partial charge in [-0.15, -0.1) is 0 Å². The van der Waals surface area contributed by atoms with Gasteiger partial charge in [0, 0.05) is 31.9 Å². The summed E-state index contributed by atoms with van der Waals surface area (Å²) in [5.74, 6) is -0.962. The molecule has 3 aromatic rings. The number of hydrogen-bond acceptors (Lipinski definition) is 10. The molecule has 1 heterocycles. The number of carbonyl (C=O) groups is 3. The summed E-state index contributed by atoms with van der Waals surface area (Å²) in [4.78, 5) is 49.2. The molecule has 1 aromatic heterocycles. The Hall–Kier alpha value is -4.52. The number of ether oxygens (including phenoxy) is 2. The van der Waals surface area contributed by atoms with Crippen molar-refractivity contribution in [1.82, 2.24) is 19.8 Å². The Morgan fingerprint density at radius 1 is 1.05 bits per heavy atom. The quantitative estimate of drug-likeness (QED) is 0.108. The smallest absolute Gasteiger partial charge is 0.294 e. The average Bonchev–Trinajstić information content (AvgIpc) is 2.97. The predicted octanol–water partition coefficient (Wildman–Crippen LogP) is 4.10. The highest BCUT2D eigenvalue weighted by atomic mass is 35.5. The van der Waals surface area contributed by atoms with Crippen molar-refractivity contribution in [1.29, 1.82) is 0 Å². The monoisotopic (exact) mass is 595 g/mol. The molecule has 0 saturated carbocycles. The van der Waals surface area contributed by atoms with Crippen molar-refractivity contribution in [3.63, 3.8) is 0 Å². The first-order chi connectivity index (χ1) is 20.0. The Morgan fingerprint density at radius 2 is 1.79 bits per heavy atom. The second-order valence-electron chi connectivity index (χ2n) is 9.47. The summed E-state index contributed by atoms with van der Waals surface area (Å²) in [6.45, 7) is 4.99. The van der Waals surface area contributed by atoms with E-state index in [1.165, 1.54) is 44.4 Å². The van der Waals surface area contributed by atoms with E-state index < -0.39 is 17.6 Å². The van der Waals surface area contributed by atoms with Gasteiger partial charge in [0.1, 0.15) is 10.8 Å². The van der Waals surface area contributed by atoms with E-state index >= 15 is 0 Å². The van der Waals surface area contributed by atoms with Crippen LogP contribution in [0.2, 0.25) is 5.02 Å². The zero-order valence-corrected chi connectivity index (χ0v) is 24.9. The van der Waals surface area contributed by atoms with Gasteiger partial charge in [-0.3, -0.25) is 14.4 Å². The van der Waals surface area contributed by atoms with Crippen LogP contribution in [-0.4, -0.2) is 85.8 Å². The van der Waals surface area contributed by atoms with Crippen molar-refractivity contribution in [2.24, 2.45) is 0 Å². The van der Waals surface area contributed by atoms with Gasteiger partial charge in [-0.1, -0.05) is 30.3 Å². The average molecular weight is 596 g/mol. The molecular weight excluding hydrogens is 562 g/mol. The van der Waals surface area contributed by atoms with Crippen molar-refractivity contribution in [2.45, 2.75) is 6.61 Å². The number of para-hydroxylation sites is 1. The third-order valence-electron chi connectivity index (χ3n) is 5.82. The molecule has 13 heteroatoms. The van der Waals surface area contributed by atoms with E-state index in [0.717, 1.165) is 6.54 Å². The van der Waals surface area contributed by atoms with Gasteiger partial charge in [0.25, 0.3) is 11.7 Å². The zero-order valence-electron chi connectivity index (χ0n) is 24.2. The fourth-order valence-electron chi connectivity index (χ4n) is 3.61. The second kappa shape index (κ2) is 14.9. The van der Waals surface area contributed by atoms with Gasteiger partial charge in [0.15, 0.2) is 5.82 Å². The van der Waals surface area contributed by atoms with Crippen molar-refractivity contribution in [3.8, 4) is 5.75 Å². The standard InChI is InChI=1S/C29H34ClN7O5/c1-7-25(38)32-22-15-23(24(41-6)14-18(22)17-42-13-12-36(2)3)34-29-31-16-20(30)27(35-29)33-21-11-9-8-10-19(21)26(39)28(40)37(4)5/h7-11,14-16H,1,12-13,17H2,2-6H3,(H,32,38)(H2,31,33,34,35). The number of Topliss-reactive ketones (excluding diaryl/α,β-unsaturated/α-hetero) is 1. The minimum atomic E-state index is -0.684. The van der Waals surface area contributed by atoms with E-state index in [0.29, 0.717) is 35.0 Å². The molecule has 0 radical (unpaired) electrons. The molecule has 0 aliphatic heterocycles. The maximum Gasteiger partial charge on any atom is 0.294 e. The number of ketones is 1. The van der Waals surface area contributed by atoms with Gasteiger partial charge >= 0.3 is 0 Å². The molecule has 2 amide bonds. The van der Waals surface area contributed by atoms with E-state index in [1.54, 1.807) is 30.3 Å². The number of amides is 2. The van der Waals surface area contributed by atoms with Crippen molar-refractivity contribution in [2.75, 3.05) is 64.4 Å². The van der Waals surface area contributed by atoms with Gasteiger partial charge in [0.2, 0.25) is 11.9 Å². The third kappa shape index (κ3) is 8.49. The Labute approximate surface area is 249 Å². The molecule has 3 N–H and O–H groups in total. The molecule has 0 unspecified atom stereocenters. The van der Waals surface area contributed by atoms with Crippen molar-refractivity contribution in [3.05, 3.63) is 71.4 Å². The van der Waals surface area contributed by atoms with Crippen LogP contribution in [0.1, 0.15) is 15.9 Å². The normalized spacial score (nSPS) is 10.6. The predicted molar refractivity (Wildman–Crippen MR) is 163 cm³/mol. The third-order valence-corrected chi connectivity index (χ3v) is 6.10. The molecule has 0 saturated heterocycles. The maximum absolute atomic E-state index is 12.8. The van der Waals surface area contributed by atoms with Gasteiger partial charge in [-0.25, -0.2) is 4.98 Å². The number of anilines is 5. The van der Waals surface area contributed by atoms with Crippen LogP contribution in [0.3, 0.4) is 0 Å². The van der Waals surface area contributed by atoms with Gasteiger partial charge in [-0.2, -0.15) is 4.98 Å². The molecule has 2 aromatic carbocycles. The second-order valence-corrected chi connectivity index (χ2v) is 9.88. The molecule has 0 aliphatic carbocycles. The highest BCUT2D eigenvalue weighted by Crippen LogP contribution is 2.35. The summed E-state index contributed by atoms with van der Waals surface area (Å²) in [5.41, 5.74) is 2.13. The van der Waals surface area contributed by atoms with E-state index in [-0.39, 0.29) is 29.0 Å². The number of benzene rings is 2. The fourth-order valence-corrected chi connectivity index (χ4v) is 3.75. The number of likely N-dealkylation sites (N-methyl/N-ethyl adjacent to an activating group) is 2. The number of hydrogen-bond donors (Lipinski definition) is 3. The fraction of sp³-hybridized carbons (Fsp3) is 0.276. The molecule has 0 aliphatic rings.